The fourth-order valence-electron chi connectivity index (χ4n) is 3.20. The van der Waals surface area contributed by atoms with E-state index < -0.39 is 0 Å². The second-order valence-electron chi connectivity index (χ2n) is 6.77. The SMILES string of the molecule is CCNC(=NCC(c1ccc(F)cc1)N1CCOCC1)NCCCC(=O)OCC.I. The molecule has 1 saturated heterocycles. The van der Waals surface area contributed by atoms with Crippen LogP contribution in [-0.2, 0) is 14.3 Å². The van der Waals surface area contributed by atoms with E-state index in [9.17, 15) is 9.18 Å². The van der Waals surface area contributed by atoms with Gasteiger partial charge in [-0.05, 0) is 38.0 Å². The van der Waals surface area contributed by atoms with Crippen LogP contribution in [0.15, 0.2) is 29.3 Å². The number of guanidine groups is 1. The van der Waals surface area contributed by atoms with Crippen LogP contribution in [0.2, 0.25) is 0 Å². The molecule has 170 valence electrons. The Morgan fingerprint density at radius 3 is 2.57 bits per heavy atom. The van der Waals surface area contributed by atoms with Gasteiger partial charge in [0.05, 0.1) is 32.4 Å². The third-order valence-corrected chi connectivity index (χ3v) is 4.66. The first-order valence-corrected chi connectivity index (χ1v) is 10.4. The van der Waals surface area contributed by atoms with Crippen LogP contribution in [0.5, 0.6) is 0 Å². The zero-order valence-corrected chi connectivity index (χ0v) is 20.2. The summed E-state index contributed by atoms with van der Waals surface area (Å²) in [5.74, 6) is 0.284. The fraction of sp³-hybridized carbons (Fsp3) is 0.619. The molecule has 1 aliphatic heterocycles. The van der Waals surface area contributed by atoms with E-state index in [4.69, 9.17) is 14.5 Å². The highest BCUT2D eigenvalue weighted by molar-refractivity contribution is 14.0. The lowest BCUT2D eigenvalue weighted by Crippen LogP contribution is -2.42. The minimum absolute atomic E-state index is 0. The summed E-state index contributed by atoms with van der Waals surface area (Å²) in [6.45, 7) is 9.14. The molecule has 0 saturated carbocycles. The number of nitrogens with zero attached hydrogens (tertiary/aromatic N) is 2. The molecule has 0 aromatic heterocycles. The Hall–Kier alpha value is -1.46. The van der Waals surface area contributed by atoms with Crippen molar-refractivity contribution in [3.05, 3.63) is 35.6 Å². The number of carbonyl (C=O) groups excluding carboxylic acids is 1. The van der Waals surface area contributed by atoms with Gasteiger partial charge in [0.25, 0.3) is 0 Å². The third-order valence-electron chi connectivity index (χ3n) is 4.66. The summed E-state index contributed by atoms with van der Waals surface area (Å²) < 4.78 is 23.8. The molecule has 0 amide bonds. The largest absolute Gasteiger partial charge is 0.466 e. The monoisotopic (exact) mass is 536 g/mol. The van der Waals surface area contributed by atoms with Gasteiger partial charge in [-0.3, -0.25) is 14.7 Å². The topological polar surface area (TPSA) is 75.2 Å². The zero-order chi connectivity index (χ0) is 20.9. The lowest BCUT2D eigenvalue weighted by Gasteiger charge is -2.34. The summed E-state index contributed by atoms with van der Waals surface area (Å²) in [6, 6.07) is 6.68. The summed E-state index contributed by atoms with van der Waals surface area (Å²) in [5, 5.41) is 6.50. The van der Waals surface area contributed by atoms with E-state index in [0.29, 0.717) is 51.7 Å². The number of aliphatic imine (C=N–C) groups is 1. The molecule has 7 nitrogen and oxygen atoms in total. The lowest BCUT2D eigenvalue weighted by atomic mass is 10.0. The van der Waals surface area contributed by atoms with Crippen molar-refractivity contribution in [2.75, 3.05) is 52.5 Å². The molecular weight excluding hydrogens is 502 g/mol. The molecule has 1 fully saturated rings. The van der Waals surface area contributed by atoms with Crippen LogP contribution in [0.4, 0.5) is 4.39 Å². The number of hydrogen-bond donors (Lipinski definition) is 2. The second kappa shape index (κ2) is 15.4. The normalized spacial score (nSPS) is 15.8. The van der Waals surface area contributed by atoms with Gasteiger partial charge in [0, 0.05) is 32.6 Å². The van der Waals surface area contributed by atoms with Crippen molar-refractivity contribution in [1.82, 2.24) is 15.5 Å². The molecule has 0 radical (unpaired) electrons. The van der Waals surface area contributed by atoms with Crippen LogP contribution in [0.25, 0.3) is 0 Å². The van der Waals surface area contributed by atoms with Crippen LogP contribution in [-0.4, -0.2) is 69.4 Å². The number of hydrogen-bond acceptors (Lipinski definition) is 5. The first kappa shape index (κ1) is 26.6. The number of benzene rings is 1. The first-order valence-electron chi connectivity index (χ1n) is 10.4. The van der Waals surface area contributed by atoms with Crippen LogP contribution < -0.4 is 10.6 Å². The standard InChI is InChI=1S/C21H33FN4O3.HI/c1-3-23-21(24-11-5-6-20(27)29-4-2)25-16-19(26-12-14-28-15-13-26)17-7-9-18(22)10-8-17;/h7-10,19H,3-6,11-16H2,1-2H3,(H2,23,24,25);1H. The molecule has 1 aromatic rings. The number of nitrogens with one attached hydrogen (secondary N) is 2. The number of ether oxygens (including phenoxy) is 2. The van der Waals surface area contributed by atoms with Crippen molar-refractivity contribution in [2.24, 2.45) is 4.99 Å². The molecule has 1 aromatic carbocycles. The lowest BCUT2D eigenvalue weighted by molar-refractivity contribution is -0.143. The molecular formula is C21H34FIN4O3. The molecule has 1 unspecified atom stereocenters. The van der Waals surface area contributed by atoms with Crippen molar-refractivity contribution in [2.45, 2.75) is 32.7 Å². The summed E-state index contributed by atoms with van der Waals surface area (Å²) in [4.78, 5) is 18.5. The van der Waals surface area contributed by atoms with Gasteiger partial charge in [-0.15, -0.1) is 24.0 Å². The molecule has 1 heterocycles. The fourth-order valence-corrected chi connectivity index (χ4v) is 3.20. The molecule has 1 aliphatic rings. The summed E-state index contributed by atoms with van der Waals surface area (Å²) in [6.07, 6.45) is 1.06. The van der Waals surface area contributed by atoms with E-state index in [0.717, 1.165) is 25.2 Å². The first-order chi connectivity index (χ1) is 14.1. The number of morpholine rings is 1. The van der Waals surface area contributed by atoms with E-state index in [1.165, 1.54) is 12.1 Å². The van der Waals surface area contributed by atoms with E-state index >= 15 is 0 Å². The smallest absolute Gasteiger partial charge is 0.305 e. The van der Waals surface area contributed by atoms with Gasteiger partial charge in [-0.2, -0.15) is 0 Å². The van der Waals surface area contributed by atoms with E-state index in [1.807, 2.05) is 19.1 Å². The maximum absolute atomic E-state index is 13.4. The molecule has 2 rings (SSSR count). The van der Waals surface area contributed by atoms with Crippen molar-refractivity contribution >= 4 is 35.9 Å². The predicted molar refractivity (Wildman–Crippen MR) is 127 cm³/mol. The van der Waals surface area contributed by atoms with Crippen LogP contribution in [0.1, 0.15) is 38.3 Å². The number of carbonyl (C=O) groups is 1. The minimum Gasteiger partial charge on any atom is -0.466 e. The van der Waals surface area contributed by atoms with Gasteiger partial charge >= 0.3 is 5.97 Å². The molecule has 9 heteroatoms. The zero-order valence-electron chi connectivity index (χ0n) is 17.9. The van der Waals surface area contributed by atoms with E-state index in [2.05, 4.69) is 15.5 Å². The average Bonchev–Trinajstić information content (AvgIpc) is 2.73. The third kappa shape index (κ3) is 9.57. The van der Waals surface area contributed by atoms with Crippen LogP contribution in [0.3, 0.4) is 0 Å². The Morgan fingerprint density at radius 2 is 1.93 bits per heavy atom. The summed E-state index contributed by atoms with van der Waals surface area (Å²) in [5.41, 5.74) is 1.04. The summed E-state index contributed by atoms with van der Waals surface area (Å²) >= 11 is 0. The van der Waals surface area contributed by atoms with E-state index in [-0.39, 0.29) is 41.8 Å². The number of halogens is 2. The van der Waals surface area contributed by atoms with Crippen molar-refractivity contribution in [3.8, 4) is 0 Å². The van der Waals surface area contributed by atoms with Crippen molar-refractivity contribution < 1.29 is 18.7 Å². The Labute approximate surface area is 195 Å². The van der Waals surface area contributed by atoms with Crippen LogP contribution in [0, 0.1) is 5.82 Å². The van der Waals surface area contributed by atoms with Crippen LogP contribution >= 0.6 is 24.0 Å². The number of esters is 1. The highest BCUT2D eigenvalue weighted by Crippen LogP contribution is 2.22. The molecule has 0 aliphatic carbocycles. The molecule has 30 heavy (non-hydrogen) atoms. The highest BCUT2D eigenvalue weighted by Gasteiger charge is 2.22. The second-order valence-corrected chi connectivity index (χ2v) is 6.77. The van der Waals surface area contributed by atoms with Crippen molar-refractivity contribution in [1.29, 1.82) is 0 Å². The van der Waals surface area contributed by atoms with Gasteiger partial charge in [0.2, 0.25) is 0 Å². The highest BCUT2D eigenvalue weighted by atomic mass is 127. The maximum Gasteiger partial charge on any atom is 0.305 e. The Bertz CT molecular complexity index is 640. The summed E-state index contributed by atoms with van der Waals surface area (Å²) in [7, 11) is 0. The quantitative estimate of drug-likeness (QED) is 0.158. The van der Waals surface area contributed by atoms with Crippen molar-refractivity contribution in [3.63, 3.8) is 0 Å². The molecule has 2 N–H and O–H groups in total. The van der Waals surface area contributed by atoms with Gasteiger partial charge in [-0.25, -0.2) is 4.39 Å². The Balaban J connectivity index is 0.00000450. The van der Waals surface area contributed by atoms with E-state index in [1.54, 1.807) is 6.92 Å². The molecule has 0 bridgehead atoms. The van der Waals surface area contributed by atoms with Gasteiger partial charge in [0.1, 0.15) is 5.82 Å². The van der Waals surface area contributed by atoms with Gasteiger partial charge in [-0.1, -0.05) is 12.1 Å². The maximum atomic E-state index is 13.4. The molecule has 1 atom stereocenters. The average molecular weight is 536 g/mol. The molecule has 0 spiro atoms. The Morgan fingerprint density at radius 1 is 1.23 bits per heavy atom. The predicted octanol–water partition coefficient (Wildman–Crippen LogP) is 2.72. The number of rotatable bonds is 10. The van der Waals surface area contributed by atoms with Gasteiger partial charge in [0.15, 0.2) is 5.96 Å². The minimum atomic E-state index is -0.241. The Kier molecular flexibility index (Phi) is 13.6. The van der Waals surface area contributed by atoms with Gasteiger partial charge < -0.3 is 20.1 Å².